The SMILES string of the molecule is COc1cc2c(CNS)cnc(C(=O)c3c(F)cccc3F)c2cc1OC. The molecule has 0 saturated heterocycles. The van der Waals surface area contributed by atoms with E-state index >= 15 is 0 Å². The summed E-state index contributed by atoms with van der Waals surface area (Å²) in [4.78, 5) is 17.0. The fourth-order valence-electron chi connectivity index (χ4n) is 2.86. The number of fused-ring (bicyclic) bond motifs is 1. The molecule has 0 radical (unpaired) electrons. The predicted molar refractivity (Wildman–Crippen MR) is 100 cm³/mol. The van der Waals surface area contributed by atoms with Crippen LogP contribution in [0.25, 0.3) is 10.8 Å². The zero-order valence-electron chi connectivity index (χ0n) is 14.5. The van der Waals surface area contributed by atoms with E-state index in [9.17, 15) is 13.6 Å². The van der Waals surface area contributed by atoms with E-state index in [1.807, 2.05) is 0 Å². The van der Waals surface area contributed by atoms with Gasteiger partial charge >= 0.3 is 0 Å². The molecule has 0 unspecified atom stereocenters. The molecule has 27 heavy (non-hydrogen) atoms. The Hall–Kier alpha value is -2.71. The van der Waals surface area contributed by atoms with Gasteiger partial charge in [-0.2, -0.15) is 0 Å². The van der Waals surface area contributed by atoms with Gasteiger partial charge in [0.25, 0.3) is 0 Å². The lowest BCUT2D eigenvalue weighted by atomic mass is 9.98. The quantitative estimate of drug-likeness (QED) is 0.497. The Labute approximate surface area is 159 Å². The Morgan fingerprint density at radius 1 is 1.11 bits per heavy atom. The molecule has 0 aliphatic rings. The predicted octanol–water partition coefficient (Wildman–Crippen LogP) is 3.70. The molecule has 8 heteroatoms. The molecule has 5 nitrogen and oxygen atoms in total. The molecular formula is C19H16F2N2O3S. The van der Waals surface area contributed by atoms with Crippen LogP contribution in [0.4, 0.5) is 8.78 Å². The Bertz CT molecular complexity index is 1010. The first-order chi connectivity index (χ1) is 13.0. The molecule has 3 rings (SSSR count). The number of hydrogen-bond donors (Lipinski definition) is 2. The largest absolute Gasteiger partial charge is 0.493 e. The van der Waals surface area contributed by atoms with Gasteiger partial charge in [-0.25, -0.2) is 8.78 Å². The molecule has 0 fully saturated rings. The average Bonchev–Trinajstić information content (AvgIpc) is 2.67. The van der Waals surface area contributed by atoms with E-state index < -0.39 is 23.0 Å². The number of ketones is 1. The third kappa shape index (κ3) is 3.45. The van der Waals surface area contributed by atoms with Gasteiger partial charge in [0.1, 0.15) is 17.3 Å². The van der Waals surface area contributed by atoms with Crippen LogP contribution < -0.4 is 14.2 Å². The number of rotatable bonds is 6. The summed E-state index contributed by atoms with van der Waals surface area (Å²) in [6.07, 6.45) is 1.46. The first kappa shape index (κ1) is 19.1. The Balaban J connectivity index is 2.30. The average molecular weight is 390 g/mol. The molecule has 0 saturated carbocycles. The van der Waals surface area contributed by atoms with Gasteiger partial charge in [-0.3, -0.25) is 14.5 Å². The fraction of sp³-hybridized carbons (Fsp3) is 0.158. The van der Waals surface area contributed by atoms with Gasteiger partial charge in [0.2, 0.25) is 5.78 Å². The van der Waals surface area contributed by atoms with Crippen LogP contribution in [-0.2, 0) is 6.54 Å². The van der Waals surface area contributed by atoms with E-state index in [1.165, 1.54) is 26.5 Å². The first-order valence-electron chi connectivity index (χ1n) is 7.91. The summed E-state index contributed by atoms with van der Waals surface area (Å²) in [6.45, 7) is 0.352. The second-order valence-corrected chi connectivity index (χ2v) is 5.96. The van der Waals surface area contributed by atoms with Gasteiger partial charge < -0.3 is 9.47 Å². The van der Waals surface area contributed by atoms with Crippen molar-refractivity contribution in [3.8, 4) is 11.5 Å². The number of benzene rings is 2. The molecule has 0 aliphatic carbocycles. The van der Waals surface area contributed by atoms with Crippen molar-refractivity contribution in [1.29, 1.82) is 0 Å². The van der Waals surface area contributed by atoms with Gasteiger partial charge in [0, 0.05) is 18.1 Å². The molecule has 0 spiro atoms. The zero-order chi connectivity index (χ0) is 19.6. The maximum absolute atomic E-state index is 14.1. The Morgan fingerprint density at radius 3 is 2.26 bits per heavy atom. The zero-order valence-corrected chi connectivity index (χ0v) is 15.4. The van der Waals surface area contributed by atoms with Crippen molar-refractivity contribution in [3.05, 3.63) is 65.0 Å². The molecular weight excluding hydrogens is 374 g/mol. The topological polar surface area (TPSA) is 60.5 Å². The number of thiol groups is 1. The highest BCUT2D eigenvalue weighted by atomic mass is 32.1. The van der Waals surface area contributed by atoms with Crippen molar-refractivity contribution in [1.82, 2.24) is 9.71 Å². The molecule has 1 N–H and O–H groups in total. The van der Waals surface area contributed by atoms with E-state index in [1.54, 1.807) is 12.1 Å². The van der Waals surface area contributed by atoms with Crippen molar-refractivity contribution < 1.29 is 23.0 Å². The highest BCUT2D eigenvalue weighted by Gasteiger charge is 2.23. The second kappa shape index (κ2) is 7.89. The maximum Gasteiger partial charge on any atom is 0.217 e. The van der Waals surface area contributed by atoms with Crippen LogP contribution in [0.2, 0.25) is 0 Å². The number of methoxy groups -OCH3 is 2. The van der Waals surface area contributed by atoms with Crippen LogP contribution in [0, 0.1) is 11.6 Å². The minimum absolute atomic E-state index is 0.0853. The van der Waals surface area contributed by atoms with E-state index in [2.05, 4.69) is 22.5 Å². The molecule has 0 atom stereocenters. The van der Waals surface area contributed by atoms with Crippen LogP contribution in [0.3, 0.4) is 0 Å². The van der Waals surface area contributed by atoms with Crippen molar-refractivity contribution in [2.75, 3.05) is 14.2 Å². The highest BCUT2D eigenvalue weighted by molar-refractivity contribution is 7.78. The highest BCUT2D eigenvalue weighted by Crippen LogP contribution is 2.35. The van der Waals surface area contributed by atoms with Crippen LogP contribution >= 0.6 is 12.8 Å². The standard InChI is InChI=1S/C19H16F2N2O3S/c1-25-15-6-11-10(9-23-27)8-22-18(12(11)7-16(15)26-2)19(24)17-13(20)4-3-5-14(17)21/h3-8,23,27H,9H2,1-2H3. The molecule has 0 aliphatic heterocycles. The second-order valence-electron chi connectivity index (χ2n) is 5.65. The number of aromatic nitrogens is 1. The molecule has 2 aromatic carbocycles. The van der Waals surface area contributed by atoms with Gasteiger partial charge in [-0.1, -0.05) is 18.9 Å². The number of nitrogens with one attached hydrogen (secondary N) is 1. The van der Waals surface area contributed by atoms with Crippen molar-refractivity contribution in [2.24, 2.45) is 0 Å². The van der Waals surface area contributed by atoms with Gasteiger partial charge in [0.15, 0.2) is 11.5 Å². The third-order valence-electron chi connectivity index (χ3n) is 4.15. The summed E-state index contributed by atoms with van der Waals surface area (Å²) in [7, 11) is 2.94. The van der Waals surface area contributed by atoms with Crippen LogP contribution in [0.5, 0.6) is 11.5 Å². The Kier molecular flexibility index (Phi) is 5.57. The van der Waals surface area contributed by atoms with E-state index in [-0.39, 0.29) is 5.69 Å². The summed E-state index contributed by atoms with van der Waals surface area (Å²) in [5.74, 6) is -1.93. The minimum Gasteiger partial charge on any atom is -0.493 e. The lowest BCUT2D eigenvalue weighted by Crippen LogP contribution is -2.11. The normalized spacial score (nSPS) is 10.9. The van der Waals surface area contributed by atoms with Crippen molar-refractivity contribution >= 4 is 29.4 Å². The lowest BCUT2D eigenvalue weighted by Gasteiger charge is -2.14. The van der Waals surface area contributed by atoms with Crippen LogP contribution in [-0.4, -0.2) is 25.0 Å². The third-order valence-corrected chi connectivity index (χ3v) is 4.31. The fourth-order valence-corrected chi connectivity index (χ4v) is 3.03. The van der Waals surface area contributed by atoms with E-state index in [0.717, 1.165) is 17.7 Å². The molecule has 0 amide bonds. The van der Waals surface area contributed by atoms with Crippen LogP contribution in [0.1, 0.15) is 21.6 Å². The van der Waals surface area contributed by atoms with E-state index in [0.29, 0.717) is 28.8 Å². The summed E-state index contributed by atoms with van der Waals surface area (Å²) in [6, 6.07) is 6.50. The number of carbonyl (C=O) groups excluding carboxylic acids is 1. The summed E-state index contributed by atoms with van der Waals surface area (Å²) in [5, 5.41) is 1.02. The Morgan fingerprint density at radius 2 is 1.70 bits per heavy atom. The van der Waals surface area contributed by atoms with Crippen molar-refractivity contribution in [2.45, 2.75) is 6.54 Å². The van der Waals surface area contributed by atoms with E-state index in [4.69, 9.17) is 9.47 Å². The van der Waals surface area contributed by atoms with Gasteiger partial charge in [-0.15, -0.1) is 0 Å². The summed E-state index contributed by atoms with van der Waals surface area (Å²) >= 11 is 4.00. The first-order valence-corrected chi connectivity index (χ1v) is 8.35. The van der Waals surface area contributed by atoms with Gasteiger partial charge in [0.05, 0.1) is 19.8 Å². The molecule has 3 aromatic rings. The summed E-state index contributed by atoms with van der Waals surface area (Å²) in [5.41, 5.74) is -0.00877. The monoisotopic (exact) mass is 390 g/mol. The van der Waals surface area contributed by atoms with Crippen molar-refractivity contribution in [3.63, 3.8) is 0 Å². The van der Waals surface area contributed by atoms with Gasteiger partial charge in [-0.05, 0) is 35.2 Å². The maximum atomic E-state index is 14.1. The molecule has 0 bridgehead atoms. The number of hydrogen-bond acceptors (Lipinski definition) is 6. The molecule has 140 valence electrons. The molecule has 1 aromatic heterocycles. The molecule has 1 heterocycles. The number of nitrogens with zero attached hydrogens (tertiary/aromatic N) is 1. The minimum atomic E-state index is -0.948. The number of halogens is 2. The number of pyridine rings is 1. The smallest absolute Gasteiger partial charge is 0.217 e. The number of ether oxygens (including phenoxy) is 2. The van der Waals surface area contributed by atoms with Crippen LogP contribution in [0.15, 0.2) is 36.5 Å². The lowest BCUT2D eigenvalue weighted by molar-refractivity contribution is 0.102. The number of carbonyl (C=O) groups is 1. The summed E-state index contributed by atoms with van der Waals surface area (Å²) < 4.78 is 41.5.